The first-order valence-corrected chi connectivity index (χ1v) is 4.96. The summed E-state index contributed by atoms with van der Waals surface area (Å²) in [7, 11) is 0. The summed E-state index contributed by atoms with van der Waals surface area (Å²) in [4.78, 5) is 0. The van der Waals surface area contributed by atoms with Crippen molar-refractivity contribution in [3.63, 3.8) is 0 Å². The van der Waals surface area contributed by atoms with Crippen LogP contribution in [0.2, 0.25) is 0 Å². The summed E-state index contributed by atoms with van der Waals surface area (Å²) in [5, 5.41) is 0. The summed E-state index contributed by atoms with van der Waals surface area (Å²) in [5.41, 5.74) is 8.37. The maximum atomic E-state index is 12.9. The van der Waals surface area contributed by atoms with Crippen molar-refractivity contribution in [2.45, 2.75) is 32.7 Å². The molecule has 2 atom stereocenters. The second-order valence-corrected chi connectivity index (χ2v) is 4.83. The van der Waals surface area contributed by atoms with Gasteiger partial charge in [-0.3, -0.25) is 0 Å². The Hall–Kier alpha value is -0.890. The van der Waals surface area contributed by atoms with Gasteiger partial charge in [0.1, 0.15) is 5.82 Å². The van der Waals surface area contributed by atoms with Crippen LogP contribution < -0.4 is 5.73 Å². The molecule has 0 spiro atoms. The lowest BCUT2D eigenvalue weighted by Crippen LogP contribution is -2.06. The van der Waals surface area contributed by atoms with E-state index < -0.39 is 0 Å². The SMILES string of the molecule is Cc1cc(F)ccc1[C@@H]1[C@@H](N)C1(C)C. The van der Waals surface area contributed by atoms with Crippen molar-refractivity contribution in [3.05, 3.63) is 35.1 Å². The van der Waals surface area contributed by atoms with Gasteiger partial charge in [-0.2, -0.15) is 0 Å². The fraction of sp³-hybridized carbons (Fsp3) is 0.500. The normalized spacial score (nSPS) is 28.9. The molecule has 1 aromatic rings. The van der Waals surface area contributed by atoms with Gasteiger partial charge in [-0.05, 0) is 35.6 Å². The molecule has 1 saturated carbocycles. The summed E-state index contributed by atoms with van der Waals surface area (Å²) in [6, 6.07) is 5.18. The Kier molecular flexibility index (Phi) is 1.93. The van der Waals surface area contributed by atoms with Gasteiger partial charge in [0, 0.05) is 12.0 Å². The lowest BCUT2D eigenvalue weighted by Gasteiger charge is -2.06. The second kappa shape index (κ2) is 2.80. The van der Waals surface area contributed by atoms with Gasteiger partial charge < -0.3 is 5.73 Å². The van der Waals surface area contributed by atoms with Crippen LogP contribution in [0.5, 0.6) is 0 Å². The molecule has 14 heavy (non-hydrogen) atoms. The van der Waals surface area contributed by atoms with Crippen molar-refractivity contribution >= 4 is 0 Å². The van der Waals surface area contributed by atoms with Crippen LogP contribution in [-0.4, -0.2) is 6.04 Å². The third kappa shape index (κ3) is 1.25. The molecule has 0 bridgehead atoms. The van der Waals surface area contributed by atoms with Crippen molar-refractivity contribution in [2.75, 3.05) is 0 Å². The number of halogens is 1. The van der Waals surface area contributed by atoms with Crippen LogP contribution in [0.4, 0.5) is 4.39 Å². The number of nitrogens with two attached hydrogens (primary N) is 1. The first-order chi connectivity index (χ1) is 6.44. The zero-order chi connectivity index (χ0) is 10.5. The zero-order valence-corrected chi connectivity index (χ0v) is 8.84. The zero-order valence-electron chi connectivity index (χ0n) is 8.84. The molecule has 1 aliphatic carbocycles. The first-order valence-electron chi connectivity index (χ1n) is 4.96. The van der Waals surface area contributed by atoms with E-state index in [0.717, 1.165) is 5.56 Å². The highest BCUT2D eigenvalue weighted by Crippen LogP contribution is 2.57. The molecule has 1 fully saturated rings. The molecule has 0 radical (unpaired) electrons. The van der Waals surface area contributed by atoms with Gasteiger partial charge in [0.25, 0.3) is 0 Å². The topological polar surface area (TPSA) is 26.0 Å². The van der Waals surface area contributed by atoms with Crippen LogP contribution >= 0.6 is 0 Å². The van der Waals surface area contributed by atoms with Crippen molar-refractivity contribution in [1.82, 2.24) is 0 Å². The van der Waals surface area contributed by atoms with Crippen molar-refractivity contribution in [3.8, 4) is 0 Å². The fourth-order valence-corrected chi connectivity index (χ4v) is 2.26. The van der Waals surface area contributed by atoms with E-state index in [4.69, 9.17) is 5.73 Å². The molecule has 0 saturated heterocycles. The van der Waals surface area contributed by atoms with Crippen LogP contribution in [0, 0.1) is 18.2 Å². The summed E-state index contributed by atoms with van der Waals surface area (Å²) in [5.74, 6) is 0.223. The first kappa shape index (κ1) is 9.66. The number of benzene rings is 1. The van der Waals surface area contributed by atoms with Gasteiger partial charge in [0.05, 0.1) is 0 Å². The fourth-order valence-electron chi connectivity index (χ4n) is 2.26. The molecule has 76 valence electrons. The maximum absolute atomic E-state index is 12.9. The summed E-state index contributed by atoms with van der Waals surface area (Å²) in [6.07, 6.45) is 0. The average Bonchev–Trinajstić information content (AvgIpc) is 2.54. The molecule has 2 N–H and O–H groups in total. The molecular formula is C12H16FN. The quantitative estimate of drug-likeness (QED) is 0.729. The molecule has 0 amide bonds. The van der Waals surface area contributed by atoms with Crippen LogP contribution in [0.15, 0.2) is 18.2 Å². The van der Waals surface area contributed by atoms with E-state index in [0.29, 0.717) is 5.92 Å². The standard InChI is InChI=1S/C12H16FN/c1-7-6-8(13)4-5-9(7)10-11(14)12(10,2)3/h4-6,10-11H,14H2,1-3H3/t10-,11-/m1/s1. The van der Waals surface area contributed by atoms with E-state index in [1.165, 1.54) is 11.6 Å². The van der Waals surface area contributed by atoms with Crippen LogP contribution in [-0.2, 0) is 0 Å². The van der Waals surface area contributed by atoms with E-state index in [2.05, 4.69) is 13.8 Å². The molecular weight excluding hydrogens is 177 g/mol. The van der Waals surface area contributed by atoms with Crippen LogP contribution in [0.3, 0.4) is 0 Å². The average molecular weight is 193 g/mol. The van der Waals surface area contributed by atoms with E-state index >= 15 is 0 Å². The van der Waals surface area contributed by atoms with Crippen molar-refractivity contribution < 1.29 is 4.39 Å². The molecule has 0 heterocycles. The van der Waals surface area contributed by atoms with Crippen molar-refractivity contribution in [1.29, 1.82) is 0 Å². The molecule has 1 aliphatic rings. The van der Waals surface area contributed by atoms with Gasteiger partial charge in [-0.15, -0.1) is 0 Å². The van der Waals surface area contributed by atoms with E-state index in [1.807, 2.05) is 13.0 Å². The van der Waals surface area contributed by atoms with Gasteiger partial charge in [0.2, 0.25) is 0 Å². The number of hydrogen-bond acceptors (Lipinski definition) is 1. The Labute approximate surface area is 84.1 Å². The van der Waals surface area contributed by atoms with Gasteiger partial charge in [-0.25, -0.2) is 4.39 Å². The Bertz CT molecular complexity index is 371. The Morgan fingerprint density at radius 1 is 1.36 bits per heavy atom. The van der Waals surface area contributed by atoms with Gasteiger partial charge >= 0.3 is 0 Å². The number of hydrogen-bond donors (Lipinski definition) is 1. The molecule has 1 aromatic carbocycles. The minimum Gasteiger partial charge on any atom is -0.327 e. The van der Waals surface area contributed by atoms with Crippen molar-refractivity contribution in [2.24, 2.45) is 11.1 Å². The number of rotatable bonds is 1. The minimum atomic E-state index is -0.168. The van der Waals surface area contributed by atoms with E-state index in [-0.39, 0.29) is 17.3 Å². The molecule has 0 aromatic heterocycles. The Morgan fingerprint density at radius 3 is 2.36 bits per heavy atom. The van der Waals surface area contributed by atoms with Gasteiger partial charge in [-0.1, -0.05) is 19.9 Å². The third-order valence-corrected chi connectivity index (χ3v) is 3.48. The third-order valence-electron chi connectivity index (χ3n) is 3.48. The lowest BCUT2D eigenvalue weighted by molar-refractivity contribution is 0.596. The largest absolute Gasteiger partial charge is 0.327 e. The summed E-state index contributed by atoms with van der Waals surface area (Å²) in [6.45, 7) is 6.26. The summed E-state index contributed by atoms with van der Waals surface area (Å²) < 4.78 is 12.9. The predicted octanol–water partition coefficient (Wildman–Crippen LogP) is 2.58. The highest BCUT2D eigenvalue weighted by molar-refractivity contribution is 5.39. The lowest BCUT2D eigenvalue weighted by atomic mass is 9.99. The molecule has 2 rings (SSSR count). The molecule has 0 aliphatic heterocycles. The van der Waals surface area contributed by atoms with E-state index in [1.54, 1.807) is 6.07 Å². The van der Waals surface area contributed by atoms with Crippen LogP contribution in [0.1, 0.15) is 30.9 Å². The van der Waals surface area contributed by atoms with E-state index in [9.17, 15) is 4.39 Å². The number of aryl methyl sites for hydroxylation is 1. The highest BCUT2D eigenvalue weighted by atomic mass is 19.1. The second-order valence-electron chi connectivity index (χ2n) is 4.83. The Morgan fingerprint density at radius 2 is 1.93 bits per heavy atom. The smallest absolute Gasteiger partial charge is 0.123 e. The maximum Gasteiger partial charge on any atom is 0.123 e. The van der Waals surface area contributed by atoms with Gasteiger partial charge in [0.15, 0.2) is 0 Å². The summed E-state index contributed by atoms with van der Waals surface area (Å²) >= 11 is 0. The van der Waals surface area contributed by atoms with Crippen LogP contribution in [0.25, 0.3) is 0 Å². The Balaban J connectivity index is 2.36. The molecule has 0 unspecified atom stereocenters. The molecule has 2 heteroatoms. The molecule has 1 nitrogen and oxygen atoms in total. The predicted molar refractivity (Wildman–Crippen MR) is 55.6 cm³/mol. The highest BCUT2D eigenvalue weighted by Gasteiger charge is 2.56. The monoisotopic (exact) mass is 193 g/mol. The minimum absolute atomic E-state index is 0.168.